The second kappa shape index (κ2) is 6.08. The van der Waals surface area contributed by atoms with Crippen LogP contribution < -0.4 is 0 Å². The van der Waals surface area contributed by atoms with Crippen LogP contribution in [0.15, 0.2) is 23.1 Å². The van der Waals surface area contributed by atoms with Crippen LogP contribution in [0.25, 0.3) is 0 Å². The Bertz CT molecular complexity index is 668. The van der Waals surface area contributed by atoms with Gasteiger partial charge in [-0.2, -0.15) is 4.31 Å². The molecule has 0 bridgehead atoms. The Morgan fingerprint density at radius 2 is 1.95 bits per heavy atom. The predicted molar refractivity (Wildman–Crippen MR) is 75.7 cm³/mol. The van der Waals surface area contributed by atoms with Crippen LogP contribution in [0.1, 0.15) is 12.8 Å². The van der Waals surface area contributed by atoms with E-state index in [-0.39, 0.29) is 28.9 Å². The van der Waals surface area contributed by atoms with Gasteiger partial charge in [0.05, 0.1) is 4.92 Å². The second-order valence-electron chi connectivity index (χ2n) is 4.75. The molecule has 0 saturated carbocycles. The fraction of sp³-hybridized carbons (Fsp3) is 0.417. The highest BCUT2D eigenvalue weighted by atomic mass is 35.5. The summed E-state index contributed by atoms with van der Waals surface area (Å²) in [7, 11) is -3.97. The first-order chi connectivity index (χ1) is 9.86. The highest BCUT2D eigenvalue weighted by Crippen LogP contribution is 2.31. The third-order valence-electron chi connectivity index (χ3n) is 3.43. The van der Waals surface area contributed by atoms with Gasteiger partial charge in [0.25, 0.3) is 5.69 Å². The van der Waals surface area contributed by atoms with Gasteiger partial charge in [0, 0.05) is 30.1 Å². The molecular formula is C12H13ClN2O5S. The Labute approximate surface area is 126 Å². The van der Waals surface area contributed by atoms with E-state index in [1.165, 1.54) is 10.4 Å². The average molecular weight is 333 g/mol. The van der Waals surface area contributed by atoms with Crippen LogP contribution in [-0.2, 0) is 14.8 Å². The summed E-state index contributed by atoms with van der Waals surface area (Å²) in [6.45, 7) is 0.344. The fourth-order valence-corrected chi connectivity index (χ4v) is 4.02. The van der Waals surface area contributed by atoms with E-state index >= 15 is 0 Å². The van der Waals surface area contributed by atoms with Gasteiger partial charge >= 0.3 is 0 Å². The number of carbonyl (C=O) groups is 1. The minimum Gasteiger partial charge on any atom is -0.303 e. The highest BCUT2D eigenvalue weighted by molar-refractivity contribution is 7.89. The lowest BCUT2D eigenvalue weighted by Gasteiger charge is -2.28. The van der Waals surface area contributed by atoms with Crippen molar-refractivity contribution in [1.82, 2.24) is 4.31 Å². The molecule has 9 heteroatoms. The zero-order chi connectivity index (χ0) is 15.6. The van der Waals surface area contributed by atoms with Crippen molar-refractivity contribution in [2.75, 3.05) is 13.1 Å². The minimum absolute atomic E-state index is 0.0975. The Kier molecular flexibility index (Phi) is 4.60. The molecule has 1 aliphatic rings. The van der Waals surface area contributed by atoms with E-state index in [1.807, 2.05) is 0 Å². The number of nitro groups is 1. The molecule has 1 aromatic rings. The zero-order valence-electron chi connectivity index (χ0n) is 10.9. The van der Waals surface area contributed by atoms with E-state index in [9.17, 15) is 23.3 Å². The summed E-state index contributed by atoms with van der Waals surface area (Å²) in [6.07, 6.45) is 1.66. The minimum atomic E-state index is -3.97. The van der Waals surface area contributed by atoms with Gasteiger partial charge in [-0.15, -0.1) is 0 Å². The van der Waals surface area contributed by atoms with Crippen LogP contribution >= 0.6 is 11.6 Å². The molecule has 0 aliphatic carbocycles. The van der Waals surface area contributed by atoms with Crippen molar-refractivity contribution in [1.29, 1.82) is 0 Å². The van der Waals surface area contributed by atoms with Crippen LogP contribution in [0.5, 0.6) is 0 Å². The molecule has 0 N–H and O–H groups in total. The van der Waals surface area contributed by atoms with E-state index in [4.69, 9.17) is 11.6 Å². The molecular weight excluding hydrogens is 320 g/mol. The quantitative estimate of drug-likeness (QED) is 0.476. The number of nitrogens with zero attached hydrogens (tertiary/aromatic N) is 2. The molecule has 1 saturated heterocycles. The van der Waals surface area contributed by atoms with Gasteiger partial charge in [0.15, 0.2) is 4.90 Å². The number of sulfonamides is 1. The fourth-order valence-electron chi connectivity index (χ4n) is 2.24. The van der Waals surface area contributed by atoms with Gasteiger partial charge in [-0.05, 0) is 25.0 Å². The molecule has 0 atom stereocenters. The number of hydrogen-bond donors (Lipinski definition) is 0. The SMILES string of the molecule is O=CC1CCN(S(=O)(=O)c2ccc(Cl)cc2[N+](=O)[O-])CC1. The molecule has 1 aliphatic heterocycles. The molecule has 1 aromatic carbocycles. The summed E-state index contributed by atoms with van der Waals surface area (Å²) in [5.41, 5.74) is -0.542. The first-order valence-corrected chi connectivity index (χ1v) is 8.07. The smallest absolute Gasteiger partial charge is 0.290 e. The number of benzene rings is 1. The molecule has 1 heterocycles. The molecule has 1 fully saturated rings. The molecule has 0 aromatic heterocycles. The Balaban J connectivity index is 2.36. The lowest BCUT2D eigenvalue weighted by Crippen LogP contribution is -2.38. The van der Waals surface area contributed by atoms with E-state index in [0.29, 0.717) is 12.8 Å². The third-order valence-corrected chi connectivity index (χ3v) is 5.61. The number of halogens is 1. The predicted octanol–water partition coefficient (Wildman–Crippen LogP) is 1.85. The Morgan fingerprint density at radius 3 is 2.48 bits per heavy atom. The highest BCUT2D eigenvalue weighted by Gasteiger charge is 2.34. The Morgan fingerprint density at radius 1 is 1.33 bits per heavy atom. The van der Waals surface area contributed by atoms with E-state index in [2.05, 4.69) is 0 Å². The van der Waals surface area contributed by atoms with Gasteiger partial charge in [0.1, 0.15) is 6.29 Å². The van der Waals surface area contributed by atoms with Crippen molar-refractivity contribution in [2.24, 2.45) is 5.92 Å². The summed E-state index contributed by atoms with van der Waals surface area (Å²) in [6, 6.07) is 3.47. The molecule has 0 amide bonds. The molecule has 21 heavy (non-hydrogen) atoms. The van der Waals surface area contributed by atoms with Crippen molar-refractivity contribution in [3.8, 4) is 0 Å². The van der Waals surface area contributed by atoms with Gasteiger partial charge in [-0.1, -0.05) is 11.6 Å². The number of aldehydes is 1. The normalized spacial score (nSPS) is 17.6. The molecule has 114 valence electrons. The van der Waals surface area contributed by atoms with Crippen molar-refractivity contribution in [3.05, 3.63) is 33.3 Å². The lowest BCUT2D eigenvalue weighted by atomic mass is 10.0. The third kappa shape index (κ3) is 3.22. The molecule has 2 rings (SSSR count). The first kappa shape index (κ1) is 15.9. The molecule has 7 nitrogen and oxygen atoms in total. The maximum absolute atomic E-state index is 12.5. The number of hydrogen-bond acceptors (Lipinski definition) is 5. The van der Waals surface area contributed by atoms with Crippen LogP contribution in [0, 0.1) is 16.0 Å². The van der Waals surface area contributed by atoms with Crippen LogP contribution in [0.2, 0.25) is 5.02 Å². The largest absolute Gasteiger partial charge is 0.303 e. The van der Waals surface area contributed by atoms with Gasteiger partial charge in [0.2, 0.25) is 10.0 Å². The van der Waals surface area contributed by atoms with Crippen LogP contribution in [-0.4, -0.2) is 37.0 Å². The molecule has 0 radical (unpaired) electrons. The second-order valence-corrected chi connectivity index (χ2v) is 7.09. The van der Waals surface area contributed by atoms with E-state index in [1.54, 1.807) is 0 Å². The summed E-state index contributed by atoms with van der Waals surface area (Å²) < 4.78 is 26.2. The van der Waals surface area contributed by atoms with Crippen molar-refractivity contribution in [2.45, 2.75) is 17.7 Å². The first-order valence-electron chi connectivity index (χ1n) is 6.25. The lowest BCUT2D eigenvalue weighted by molar-refractivity contribution is -0.387. The van der Waals surface area contributed by atoms with E-state index < -0.39 is 20.6 Å². The number of carbonyl (C=O) groups excluding carboxylic acids is 1. The monoisotopic (exact) mass is 332 g/mol. The Hall–Kier alpha value is -1.51. The number of nitro benzene ring substituents is 1. The zero-order valence-corrected chi connectivity index (χ0v) is 12.5. The summed E-state index contributed by atoms with van der Waals surface area (Å²) >= 11 is 5.68. The molecule has 0 spiro atoms. The standard InChI is InChI=1S/C12H13ClN2O5S/c13-10-1-2-12(11(7-10)15(17)18)21(19,20)14-5-3-9(8-16)4-6-14/h1-2,7-9H,3-6H2. The van der Waals surface area contributed by atoms with Crippen molar-refractivity contribution in [3.63, 3.8) is 0 Å². The van der Waals surface area contributed by atoms with Gasteiger partial charge in [-0.25, -0.2) is 8.42 Å². The summed E-state index contributed by atoms with van der Waals surface area (Å²) in [5.74, 6) is -0.156. The number of piperidine rings is 1. The average Bonchev–Trinajstić information content (AvgIpc) is 2.47. The van der Waals surface area contributed by atoms with Crippen molar-refractivity contribution < 1.29 is 18.1 Å². The van der Waals surface area contributed by atoms with Crippen molar-refractivity contribution >= 4 is 33.6 Å². The van der Waals surface area contributed by atoms with Crippen LogP contribution in [0.3, 0.4) is 0 Å². The topological polar surface area (TPSA) is 97.6 Å². The van der Waals surface area contributed by atoms with Gasteiger partial charge < -0.3 is 4.79 Å². The maximum atomic E-state index is 12.5. The van der Waals surface area contributed by atoms with Gasteiger partial charge in [-0.3, -0.25) is 10.1 Å². The maximum Gasteiger partial charge on any atom is 0.290 e. The number of rotatable bonds is 4. The summed E-state index contributed by atoms with van der Waals surface area (Å²) in [4.78, 5) is 20.6. The summed E-state index contributed by atoms with van der Waals surface area (Å²) in [5, 5.41) is 11.1. The van der Waals surface area contributed by atoms with Crippen LogP contribution in [0.4, 0.5) is 5.69 Å². The molecule has 0 unspecified atom stereocenters. The van der Waals surface area contributed by atoms with E-state index in [0.717, 1.165) is 18.4 Å².